The van der Waals surface area contributed by atoms with Crippen molar-refractivity contribution in [2.75, 3.05) is 0 Å². The minimum absolute atomic E-state index is 0.164. The number of hydrogen-bond donors (Lipinski definition) is 1. The van der Waals surface area contributed by atoms with Gasteiger partial charge in [0.2, 0.25) is 0 Å². The largest absolute Gasteiger partial charge is 0.508 e. The molecule has 1 aliphatic rings. The molecule has 0 spiro atoms. The molecule has 0 bridgehead atoms. The van der Waals surface area contributed by atoms with E-state index in [4.69, 9.17) is 9.47 Å². The molecule has 1 atom stereocenters. The van der Waals surface area contributed by atoms with E-state index in [1.807, 2.05) is 83.2 Å². The molecule has 2 aromatic rings. The van der Waals surface area contributed by atoms with Gasteiger partial charge in [0.05, 0.1) is 12.8 Å². The molecule has 3 rings (SSSR count). The van der Waals surface area contributed by atoms with Crippen molar-refractivity contribution in [3.63, 3.8) is 0 Å². The summed E-state index contributed by atoms with van der Waals surface area (Å²) in [5.74, 6) is -0.817. The number of aryl methyl sites for hydroxylation is 1. The Morgan fingerprint density at radius 2 is 1.64 bits per heavy atom. The number of esters is 2. The van der Waals surface area contributed by atoms with E-state index in [0.29, 0.717) is 17.7 Å². The average molecular weight is 569 g/mol. The van der Waals surface area contributed by atoms with Gasteiger partial charge in [0.1, 0.15) is 11.5 Å². The van der Waals surface area contributed by atoms with Crippen LogP contribution < -0.4 is 4.74 Å². The zero-order valence-corrected chi connectivity index (χ0v) is 25.3. The quantitative estimate of drug-likeness (QED) is 0.136. The van der Waals surface area contributed by atoms with E-state index in [2.05, 4.69) is 0 Å². The van der Waals surface area contributed by atoms with Gasteiger partial charge in [0.25, 0.3) is 0 Å². The molecule has 1 N–H and O–H groups in total. The molecular formula is C36H40O6. The fraction of sp³-hybridized carbons (Fsp3) is 0.306. The number of carbonyl (C=O) groups is 3. The first-order chi connectivity index (χ1) is 19.9. The first kappa shape index (κ1) is 32.1. The molecule has 0 aliphatic heterocycles. The normalized spacial score (nSPS) is 17.4. The second-order valence-corrected chi connectivity index (χ2v) is 11.2. The van der Waals surface area contributed by atoms with Gasteiger partial charge in [0.15, 0.2) is 11.9 Å². The number of phenols is 1. The van der Waals surface area contributed by atoms with Gasteiger partial charge in [-0.25, -0.2) is 0 Å². The molecule has 0 radical (unpaired) electrons. The number of allylic oxidation sites excluding steroid dienone is 7. The minimum Gasteiger partial charge on any atom is -0.508 e. The van der Waals surface area contributed by atoms with Crippen molar-refractivity contribution in [1.82, 2.24) is 0 Å². The summed E-state index contributed by atoms with van der Waals surface area (Å²) in [6.45, 7) is 11.7. The standard InChI is InChI=1S/C36H40O6/c1-7-8-9-24(2)10-17-31-26(4)35(40)32(23-36(31,5)6)42-34(39)19-18-33(38)41-30-15-13-27(14-16-30)11-12-28-20-25(3)21-29(37)22-28/h7-17,20-22,32,37H,18-19,23H2,1-6H3/b8-7+,12-11+,17-10+,24-9+. The van der Waals surface area contributed by atoms with Crippen LogP contribution in [0.25, 0.3) is 12.2 Å². The predicted octanol–water partition coefficient (Wildman–Crippen LogP) is 7.86. The maximum absolute atomic E-state index is 13.0. The summed E-state index contributed by atoms with van der Waals surface area (Å²) < 4.78 is 10.9. The van der Waals surface area contributed by atoms with Gasteiger partial charge >= 0.3 is 11.9 Å². The highest BCUT2D eigenvalue weighted by atomic mass is 16.5. The lowest BCUT2D eigenvalue weighted by Crippen LogP contribution is -2.39. The van der Waals surface area contributed by atoms with Crippen molar-refractivity contribution in [3.8, 4) is 11.5 Å². The summed E-state index contributed by atoms with van der Waals surface area (Å²) in [5.41, 5.74) is 4.92. The molecule has 6 heteroatoms. The number of aromatic hydroxyl groups is 1. The van der Waals surface area contributed by atoms with Gasteiger partial charge in [-0.1, -0.05) is 80.2 Å². The lowest BCUT2D eigenvalue weighted by molar-refractivity contribution is -0.157. The summed E-state index contributed by atoms with van der Waals surface area (Å²) in [7, 11) is 0. The molecule has 0 heterocycles. The molecule has 0 amide bonds. The van der Waals surface area contributed by atoms with Gasteiger partial charge in [-0.15, -0.1) is 0 Å². The zero-order valence-electron chi connectivity index (χ0n) is 25.3. The highest BCUT2D eigenvalue weighted by molar-refractivity contribution is 6.01. The molecule has 2 aromatic carbocycles. The van der Waals surface area contributed by atoms with Crippen LogP contribution in [-0.4, -0.2) is 28.9 Å². The zero-order chi connectivity index (χ0) is 30.9. The Morgan fingerprint density at radius 3 is 2.31 bits per heavy atom. The number of ketones is 1. The number of ether oxygens (including phenoxy) is 2. The monoisotopic (exact) mass is 568 g/mol. The first-order valence-electron chi connectivity index (χ1n) is 14.1. The van der Waals surface area contributed by atoms with E-state index < -0.39 is 18.0 Å². The molecular weight excluding hydrogens is 528 g/mol. The number of carbonyl (C=O) groups excluding carboxylic acids is 3. The Kier molecular flexibility index (Phi) is 11.0. The summed E-state index contributed by atoms with van der Waals surface area (Å²) in [4.78, 5) is 38.0. The second kappa shape index (κ2) is 14.4. The van der Waals surface area contributed by atoms with E-state index in [0.717, 1.165) is 27.8 Å². The SMILES string of the molecule is C/C=C/C=C(C)/C=C/C1=C(C)C(=O)C(OC(=O)CCC(=O)Oc2ccc(/C=C/c3cc(C)cc(O)c3)cc2)CC1(C)C. The van der Waals surface area contributed by atoms with Crippen molar-refractivity contribution in [3.05, 3.63) is 106 Å². The van der Waals surface area contributed by atoms with Crippen LogP contribution in [-0.2, 0) is 19.1 Å². The van der Waals surface area contributed by atoms with Crippen molar-refractivity contribution in [1.29, 1.82) is 0 Å². The Labute approximate surface area is 248 Å². The number of hydrogen-bond acceptors (Lipinski definition) is 6. The molecule has 0 aromatic heterocycles. The molecule has 220 valence electrons. The van der Waals surface area contributed by atoms with Crippen molar-refractivity contribution in [2.45, 2.75) is 66.9 Å². The predicted molar refractivity (Wildman–Crippen MR) is 167 cm³/mol. The lowest BCUT2D eigenvalue weighted by atomic mass is 9.71. The van der Waals surface area contributed by atoms with E-state index in [9.17, 15) is 19.5 Å². The Balaban J connectivity index is 1.52. The third-order valence-electron chi connectivity index (χ3n) is 7.03. The smallest absolute Gasteiger partial charge is 0.311 e. The van der Waals surface area contributed by atoms with Crippen LogP contribution in [0.15, 0.2) is 89.6 Å². The number of rotatable bonds is 10. The van der Waals surface area contributed by atoms with Crippen LogP contribution in [0.4, 0.5) is 0 Å². The highest BCUT2D eigenvalue weighted by Crippen LogP contribution is 2.41. The fourth-order valence-electron chi connectivity index (χ4n) is 4.84. The molecule has 0 saturated heterocycles. The third-order valence-corrected chi connectivity index (χ3v) is 7.03. The molecule has 6 nitrogen and oxygen atoms in total. The van der Waals surface area contributed by atoms with Crippen LogP contribution in [0.3, 0.4) is 0 Å². The Bertz CT molecular complexity index is 1440. The van der Waals surface area contributed by atoms with Gasteiger partial charge < -0.3 is 14.6 Å². The highest BCUT2D eigenvalue weighted by Gasteiger charge is 2.39. The van der Waals surface area contributed by atoms with Gasteiger partial charge in [-0.2, -0.15) is 0 Å². The molecule has 1 unspecified atom stereocenters. The van der Waals surface area contributed by atoms with E-state index in [-0.39, 0.29) is 29.8 Å². The van der Waals surface area contributed by atoms with E-state index in [1.165, 1.54) is 0 Å². The topological polar surface area (TPSA) is 89.9 Å². The van der Waals surface area contributed by atoms with Gasteiger partial charge in [0, 0.05) is 6.42 Å². The van der Waals surface area contributed by atoms with Crippen LogP contribution in [0.1, 0.15) is 70.6 Å². The third kappa shape index (κ3) is 9.30. The van der Waals surface area contributed by atoms with Gasteiger partial charge in [-0.3, -0.25) is 14.4 Å². The number of Topliss-reactive ketones (excluding diaryl/α,β-unsaturated/α-hetero) is 1. The van der Waals surface area contributed by atoms with Crippen molar-refractivity contribution >= 4 is 29.9 Å². The van der Waals surface area contributed by atoms with Crippen molar-refractivity contribution in [2.24, 2.45) is 5.41 Å². The Hall–Kier alpha value is -4.45. The van der Waals surface area contributed by atoms with Crippen LogP contribution in [0.2, 0.25) is 0 Å². The molecule has 1 aliphatic carbocycles. The minimum atomic E-state index is -0.885. The maximum atomic E-state index is 13.0. The number of phenolic OH excluding ortho intramolecular Hbond substituents is 1. The Morgan fingerprint density at radius 1 is 0.976 bits per heavy atom. The first-order valence-corrected chi connectivity index (χ1v) is 14.1. The van der Waals surface area contributed by atoms with E-state index in [1.54, 1.807) is 43.3 Å². The summed E-state index contributed by atoms with van der Waals surface area (Å²) in [6, 6.07) is 12.3. The fourth-order valence-corrected chi connectivity index (χ4v) is 4.84. The van der Waals surface area contributed by atoms with Gasteiger partial charge in [-0.05, 0) is 85.2 Å². The van der Waals surface area contributed by atoms with Crippen LogP contribution in [0, 0.1) is 12.3 Å². The molecule has 0 fully saturated rings. The van der Waals surface area contributed by atoms with Crippen LogP contribution in [0.5, 0.6) is 11.5 Å². The van der Waals surface area contributed by atoms with Crippen LogP contribution >= 0.6 is 0 Å². The summed E-state index contributed by atoms with van der Waals surface area (Å²) >= 11 is 0. The summed E-state index contributed by atoms with van der Waals surface area (Å²) in [6.07, 6.45) is 12.8. The van der Waals surface area contributed by atoms with E-state index >= 15 is 0 Å². The number of benzene rings is 2. The average Bonchev–Trinajstić information content (AvgIpc) is 2.92. The second-order valence-electron chi connectivity index (χ2n) is 11.2. The maximum Gasteiger partial charge on any atom is 0.311 e. The molecule has 0 saturated carbocycles. The van der Waals surface area contributed by atoms with Crippen molar-refractivity contribution < 1.29 is 29.0 Å². The summed E-state index contributed by atoms with van der Waals surface area (Å²) in [5, 5.41) is 9.74. The lowest BCUT2D eigenvalue weighted by Gasteiger charge is -2.36. The molecule has 42 heavy (non-hydrogen) atoms.